The number of rotatable bonds is 5. The van der Waals surface area contributed by atoms with Crippen LogP contribution in [0.5, 0.6) is 0 Å². The van der Waals surface area contributed by atoms with Gasteiger partial charge in [-0.2, -0.15) is 0 Å². The molecule has 1 rings (SSSR count). The Morgan fingerprint density at radius 2 is 1.94 bits per heavy atom. The zero-order valence-corrected chi connectivity index (χ0v) is 10.0. The summed E-state index contributed by atoms with van der Waals surface area (Å²) < 4.78 is 0. The SMILES string of the molecule is CN[C@@H](C(=O)O)C(C)(C)Cc1ccccc1. The average molecular weight is 221 g/mol. The van der Waals surface area contributed by atoms with E-state index in [0.717, 1.165) is 12.0 Å². The van der Waals surface area contributed by atoms with E-state index in [0.29, 0.717) is 0 Å². The number of hydrogen-bond donors (Lipinski definition) is 2. The molecule has 88 valence electrons. The van der Waals surface area contributed by atoms with Crippen LogP contribution in [0.2, 0.25) is 0 Å². The van der Waals surface area contributed by atoms with Crippen LogP contribution >= 0.6 is 0 Å². The maximum absolute atomic E-state index is 11.1. The van der Waals surface area contributed by atoms with Crippen molar-refractivity contribution in [3.63, 3.8) is 0 Å². The largest absolute Gasteiger partial charge is 0.480 e. The third-order valence-electron chi connectivity index (χ3n) is 2.82. The lowest BCUT2D eigenvalue weighted by Gasteiger charge is -2.31. The van der Waals surface area contributed by atoms with Crippen LogP contribution < -0.4 is 5.32 Å². The number of aliphatic carboxylic acids is 1. The predicted octanol–water partition coefficient (Wildman–Crippen LogP) is 1.93. The van der Waals surface area contributed by atoms with Crippen LogP contribution in [0.25, 0.3) is 0 Å². The Kier molecular flexibility index (Phi) is 4.07. The normalized spacial score (nSPS) is 13.4. The second-order valence-electron chi connectivity index (χ2n) is 4.71. The summed E-state index contributed by atoms with van der Waals surface area (Å²) in [5, 5.41) is 12.0. The van der Waals surface area contributed by atoms with E-state index < -0.39 is 12.0 Å². The molecule has 0 bridgehead atoms. The van der Waals surface area contributed by atoms with Gasteiger partial charge in [-0.05, 0) is 24.4 Å². The van der Waals surface area contributed by atoms with Gasteiger partial charge in [0.2, 0.25) is 0 Å². The van der Waals surface area contributed by atoms with E-state index in [4.69, 9.17) is 5.11 Å². The molecule has 0 amide bonds. The molecule has 16 heavy (non-hydrogen) atoms. The standard InChI is InChI=1S/C13H19NO2/c1-13(2,11(14-3)12(15)16)9-10-7-5-4-6-8-10/h4-8,11,14H,9H2,1-3H3,(H,15,16)/t11-/m0/s1. The van der Waals surface area contributed by atoms with E-state index in [1.54, 1.807) is 7.05 Å². The highest BCUT2D eigenvalue weighted by Gasteiger charge is 2.33. The summed E-state index contributed by atoms with van der Waals surface area (Å²) in [6.07, 6.45) is 0.742. The number of nitrogens with one attached hydrogen (secondary N) is 1. The second kappa shape index (κ2) is 5.12. The molecule has 0 aliphatic heterocycles. The first-order valence-corrected chi connectivity index (χ1v) is 5.41. The van der Waals surface area contributed by atoms with Gasteiger partial charge >= 0.3 is 5.97 Å². The number of benzene rings is 1. The number of carboxylic acids is 1. The molecule has 0 unspecified atom stereocenters. The lowest BCUT2D eigenvalue weighted by Crippen LogP contribution is -2.47. The summed E-state index contributed by atoms with van der Waals surface area (Å²) in [5.41, 5.74) is 0.844. The molecule has 1 aromatic carbocycles. The summed E-state index contributed by atoms with van der Waals surface area (Å²) in [6, 6.07) is 9.42. The van der Waals surface area contributed by atoms with Crippen LogP contribution in [0.15, 0.2) is 30.3 Å². The van der Waals surface area contributed by atoms with Gasteiger partial charge in [0.25, 0.3) is 0 Å². The number of carbonyl (C=O) groups is 1. The van der Waals surface area contributed by atoms with Crippen molar-refractivity contribution in [2.24, 2.45) is 5.41 Å². The van der Waals surface area contributed by atoms with Crippen molar-refractivity contribution in [2.45, 2.75) is 26.3 Å². The highest BCUT2D eigenvalue weighted by molar-refractivity contribution is 5.74. The lowest BCUT2D eigenvalue weighted by molar-refractivity contribution is -0.142. The fourth-order valence-corrected chi connectivity index (χ4v) is 2.07. The van der Waals surface area contributed by atoms with Crippen LogP contribution in [0.3, 0.4) is 0 Å². The third kappa shape index (κ3) is 3.07. The first-order chi connectivity index (χ1) is 7.47. The molecule has 0 aliphatic rings. The highest BCUT2D eigenvalue weighted by Crippen LogP contribution is 2.26. The number of hydrogen-bond acceptors (Lipinski definition) is 2. The fourth-order valence-electron chi connectivity index (χ4n) is 2.07. The van der Waals surface area contributed by atoms with Gasteiger partial charge in [-0.25, -0.2) is 0 Å². The van der Waals surface area contributed by atoms with Crippen molar-refractivity contribution in [1.29, 1.82) is 0 Å². The van der Waals surface area contributed by atoms with Crippen molar-refractivity contribution in [1.82, 2.24) is 5.32 Å². The molecule has 3 nitrogen and oxygen atoms in total. The van der Waals surface area contributed by atoms with Gasteiger partial charge in [0.05, 0.1) is 0 Å². The summed E-state index contributed by atoms with van der Waals surface area (Å²) in [5.74, 6) is -0.802. The molecule has 0 aliphatic carbocycles. The van der Waals surface area contributed by atoms with Crippen molar-refractivity contribution in [2.75, 3.05) is 7.05 Å². The topological polar surface area (TPSA) is 49.3 Å². The van der Waals surface area contributed by atoms with E-state index in [2.05, 4.69) is 5.32 Å². The number of likely N-dealkylation sites (N-methyl/N-ethyl adjacent to an activating group) is 1. The lowest BCUT2D eigenvalue weighted by atomic mass is 9.79. The smallest absolute Gasteiger partial charge is 0.321 e. The summed E-state index contributed by atoms with van der Waals surface area (Å²) in [4.78, 5) is 11.1. The van der Waals surface area contributed by atoms with E-state index in [-0.39, 0.29) is 5.41 Å². The molecule has 3 heteroatoms. The molecule has 0 heterocycles. The molecule has 0 spiro atoms. The molecule has 0 fully saturated rings. The Balaban J connectivity index is 2.81. The van der Waals surface area contributed by atoms with Crippen molar-refractivity contribution in [3.05, 3.63) is 35.9 Å². The molecule has 0 saturated heterocycles. The zero-order valence-electron chi connectivity index (χ0n) is 10.0. The van der Waals surface area contributed by atoms with Crippen LogP contribution in [-0.4, -0.2) is 24.2 Å². The molecule has 0 saturated carbocycles. The van der Waals surface area contributed by atoms with Crippen molar-refractivity contribution >= 4 is 5.97 Å². The Labute approximate surface area is 96.5 Å². The molecule has 1 atom stereocenters. The van der Waals surface area contributed by atoms with Gasteiger partial charge in [0.1, 0.15) is 6.04 Å². The Bertz CT molecular complexity index is 346. The van der Waals surface area contributed by atoms with E-state index in [1.807, 2.05) is 44.2 Å². The minimum atomic E-state index is -0.802. The fraction of sp³-hybridized carbons (Fsp3) is 0.462. The molecular formula is C13H19NO2. The average Bonchev–Trinajstić information content (AvgIpc) is 2.18. The van der Waals surface area contributed by atoms with Crippen LogP contribution in [0.1, 0.15) is 19.4 Å². The van der Waals surface area contributed by atoms with Crippen LogP contribution in [0, 0.1) is 5.41 Å². The van der Waals surface area contributed by atoms with E-state index >= 15 is 0 Å². The first-order valence-electron chi connectivity index (χ1n) is 5.41. The Morgan fingerprint density at radius 3 is 2.38 bits per heavy atom. The van der Waals surface area contributed by atoms with Gasteiger partial charge in [0.15, 0.2) is 0 Å². The highest BCUT2D eigenvalue weighted by atomic mass is 16.4. The third-order valence-corrected chi connectivity index (χ3v) is 2.82. The van der Waals surface area contributed by atoms with Gasteiger partial charge in [-0.3, -0.25) is 4.79 Å². The molecule has 2 N–H and O–H groups in total. The summed E-state index contributed by atoms with van der Waals surface area (Å²) in [6.45, 7) is 3.94. The number of carboxylic acid groups (broad SMARTS) is 1. The minimum absolute atomic E-state index is 0.318. The Hall–Kier alpha value is -1.35. The van der Waals surface area contributed by atoms with Gasteiger partial charge in [-0.1, -0.05) is 44.2 Å². The van der Waals surface area contributed by atoms with Crippen molar-refractivity contribution < 1.29 is 9.90 Å². The molecule has 0 aromatic heterocycles. The van der Waals surface area contributed by atoms with E-state index in [9.17, 15) is 4.79 Å². The Morgan fingerprint density at radius 1 is 1.38 bits per heavy atom. The van der Waals surface area contributed by atoms with Gasteiger partial charge in [-0.15, -0.1) is 0 Å². The summed E-state index contributed by atoms with van der Waals surface area (Å²) in [7, 11) is 1.69. The molecular weight excluding hydrogens is 202 g/mol. The van der Waals surface area contributed by atoms with Gasteiger partial charge in [0, 0.05) is 0 Å². The minimum Gasteiger partial charge on any atom is -0.480 e. The van der Waals surface area contributed by atoms with Crippen molar-refractivity contribution in [3.8, 4) is 0 Å². The molecule has 1 aromatic rings. The maximum Gasteiger partial charge on any atom is 0.321 e. The maximum atomic E-state index is 11.1. The summed E-state index contributed by atoms with van der Waals surface area (Å²) >= 11 is 0. The van der Waals surface area contributed by atoms with Crippen LogP contribution in [-0.2, 0) is 11.2 Å². The second-order valence-corrected chi connectivity index (χ2v) is 4.71. The zero-order chi connectivity index (χ0) is 12.2. The first kappa shape index (κ1) is 12.7. The van der Waals surface area contributed by atoms with Gasteiger partial charge < -0.3 is 10.4 Å². The monoisotopic (exact) mass is 221 g/mol. The predicted molar refractivity (Wildman–Crippen MR) is 64.4 cm³/mol. The van der Waals surface area contributed by atoms with Crippen LogP contribution in [0.4, 0.5) is 0 Å². The molecule has 0 radical (unpaired) electrons. The quantitative estimate of drug-likeness (QED) is 0.798. The van der Waals surface area contributed by atoms with E-state index in [1.165, 1.54) is 0 Å².